The van der Waals surface area contributed by atoms with Gasteiger partial charge in [0.25, 0.3) is 0 Å². The number of rotatable bonds is 10. The number of hydrogen-bond acceptors (Lipinski definition) is 5. The Morgan fingerprint density at radius 1 is 1.07 bits per heavy atom. The fraction of sp³-hybridized carbons (Fsp3) is 0.409. The first-order valence-corrected chi connectivity index (χ1v) is 11.2. The maximum Gasteiger partial charge on any atom is 0.246 e. The largest absolute Gasteiger partial charge is 0.497 e. The summed E-state index contributed by atoms with van der Waals surface area (Å²) in [6.07, 6.45) is 0.635. The first-order valence-electron chi connectivity index (χ1n) is 9.73. The molecule has 2 rings (SSSR count). The van der Waals surface area contributed by atoms with Crippen molar-refractivity contribution in [1.29, 1.82) is 0 Å². The molecule has 0 aliphatic heterocycles. The Kier molecular flexibility index (Phi) is 8.25. The summed E-state index contributed by atoms with van der Waals surface area (Å²) in [6.45, 7) is 4.10. The van der Waals surface area contributed by atoms with E-state index in [2.05, 4.69) is 5.32 Å². The molecule has 0 saturated heterocycles. The summed E-state index contributed by atoms with van der Waals surface area (Å²) in [5.74, 6) is 0.822. The van der Waals surface area contributed by atoms with Gasteiger partial charge in [-0.1, -0.05) is 32.0 Å². The number of benzene rings is 2. The number of carbonyl (C=O) groups excluding carboxylic acids is 1. The van der Waals surface area contributed by atoms with Crippen LogP contribution in [0, 0.1) is 0 Å². The second-order valence-corrected chi connectivity index (χ2v) is 9.29. The van der Waals surface area contributed by atoms with E-state index in [1.807, 2.05) is 44.2 Å². The van der Waals surface area contributed by atoms with Crippen molar-refractivity contribution in [3.05, 3.63) is 53.6 Å². The fourth-order valence-electron chi connectivity index (χ4n) is 2.90. The maximum atomic E-state index is 13.0. The minimum absolute atomic E-state index is 0.0599. The van der Waals surface area contributed by atoms with Gasteiger partial charge in [-0.05, 0) is 47.7 Å². The summed E-state index contributed by atoms with van der Waals surface area (Å²) in [6, 6.07) is 12.7. The predicted molar refractivity (Wildman–Crippen MR) is 117 cm³/mol. The Hall–Kier alpha value is -2.58. The SMILES string of the molecule is COc1ccc(CCNC(=O)CN(C)S(=O)(=O)c2cc(C(C)C)ccc2OC)cc1. The van der Waals surface area contributed by atoms with Crippen LogP contribution in [0.2, 0.25) is 0 Å². The number of sulfonamides is 1. The summed E-state index contributed by atoms with van der Waals surface area (Å²) in [5, 5.41) is 2.76. The van der Waals surface area contributed by atoms with E-state index < -0.39 is 10.0 Å². The van der Waals surface area contributed by atoms with Gasteiger partial charge in [-0.3, -0.25) is 4.79 Å². The zero-order chi connectivity index (χ0) is 22.3. The number of nitrogens with zero attached hydrogens (tertiary/aromatic N) is 1. The summed E-state index contributed by atoms with van der Waals surface area (Å²) in [5.41, 5.74) is 1.93. The number of likely N-dealkylation sites (N-methyl/N-ethyl adjacent to an activating group) is 1. The van der Waals surface area contributed by atoms with E-state index in [-0.39, 0.29) is 29.0 Å². The van der Waals surface area contributed by atoms with Gasteiger partial charge < -0.3 is 14.8 Å². The molecule has 2 aromatic rings. The van der Waals surface area contributed by atoms with Crippen molar-refractivity contribution in [2.75, 3.05) is 34.4 Å². The highest BCUT2D eigenvalue weighted by Crippen LogP contribution is 2.29. The van der Waals surface area contributed by atoms with Crippen LogP contribution < -0.4 is 14.8 Å². The van der Waals surface area contributed by atoms with Gasteiger partial charge in [0, 0.05) is 13.6 Å². The molecule has 0 aromatic heterocycles. The minimum atomic E-state index is -3.88. The molecular weight excluding hydrogens is 404 g/mol. The Morgan fingerprint density at radius 2 is 1.73 bits per heavy atom. The van der Waals surface area contributed by atoms with Gasteiger partial charge in [-0.2, -0.15) is 4.31 Å². The van der Waals surface area contributed by atoms with Crippen molar-refractivity contribution in [3.8, 4) is 11.5 Å². The zero-order valence-electron chi connectivity index (χ0n) is 18.1. The molecule has 30 heavy (non-hydrogen) atoms. The van der Waals surface area contributed by atoms with E-state index in [9.17, 15) is 13.2 Å². The molecule has 1 N–H and O–H groups in total. The Balaban J connectivity index is 2.00. The van der Waals surface area contributed by atoms with E-state index in [0.29, 0.717) is 13.0 Å². The smallest absolute Gasteiger partial charge is 0.246 e. The highest BCUT2D eigenvalue weighted by Gasteiger charge is 2.27. The number of carbonyl (C=O) groups is 1. The van der Waals surface area contributed by atoms with Crippen LogP contribution in [0.5, 0.6) is 11.5 Å². The molecular formula is C22H30N2O5S. The molecule has 1 amide bonds. The van der Waals surface area contributed by atoms with Crippen LogP contribution in [0.3, 0.4) is 0 Å². The van der Waals surface area contributed by atoms with Crippen molar-refractivity contribution < 1.29 is 22.7 Å². The summed E-state index contributed by atoms with van der Waals surface area (Å²) < 4.78 is 37.5. The van der Waals surface area contributed by atoms with Crippen molar-refractivity contribution >= 4 is 15.9 Å². The van der Waals surface area contributed by atoms with Crippen LogP contribution in [0.25, 0.3) is 0 Å². The molecule has 8 heteroatoms. The number of nitrogens with one attached hydrogen (secondary N) is 1. The van der Waals surface area contributed by atoms with Gasteiger partial charge in [-0.15, -0.1) is 0 Å². The van der Waals surface area contributed by atoms with E-state index in [4.69, 9.17) is 9.47 Å². The van der Waals surface area contributed by atoms with Crippen molar-refractivity contribution in [1.82, 2.24) is 9.62 Å². The lowest BCUT2D eigenvalue weighted by atomic mass is 10.0. The highest BCUT2D eigenvalue weighted by atomic mass is 32.2. The minimum Gasteiger partial charge on any atom is -0.497 e. The highest BCUT2D eigenvalue weighted by molar-refractivity contribution is 7.89. The lowest BCUT2D eigenvalue weighted by molar-refractivity contribution is -0.121. The first kappa shape index (κ1) is 23.7. The van der Waals surface area contributed by atoms with Crippen LogP contribution in [0.15, 0.2) is 47.4 Å². The lowest BCUT2D eigenvalue weighted by Gasteiger charge is -2.20. The Bertz CT molecular complexity index is 956. The van der Waals surface area contributed by atoms with E-state index >= 15 is 0 Å². The van der Waals surface area contributed by atoms with E-state index in [1.165, 1.54) is 14.2 Å². The van der Waals surface area contributed by atoms with Crippen LogP contribution >= 0.6 is 0 Å². The average molecular weight is 435 g/mol. The topological polar surface area (TPSA) is 84.9 Å². The van der Waals surface area contributed by atoms with Crippen LogP contribution in [0.1, 0.15) is 30.9 Å². The average Bonchev–Trinajstić information content (AvgIpc) is 2.73. The van der Waals surface area contributed by atoms with Crippen LogP contribution in [-0.4, -0.2) is 53.0 Å². The molecule has 0 aliphatic carbocycles. The van der Waals surface area contributed by atoms with Gasteiger partial charge in [0.05, 0.1) is 20.8 Å². The van der Waals surface area contributed by atoms with Crippen molar-refractivity contribution in [2.45, 2.75) is 31.1 Å². The Morgan fingerprint density at radius 3 is 2.30 bits per heavy atom. The fourth-order valence-corrected chi connectivity index (χ4v) is 4.22. The summed E-state index contributed by atoms with van der Waals surface area (Å²) in [4.78, 5) is 12.3. The van der Waals surface area contributed by atoms with Crippen LogP contribution in [0.4, 0.5) is 0 Å². The molecule has 0 bridgehead atoms. The predicted octanol–water partition coefficient (Wildman–Crippen LogP) is 2.81. The summed E-state index contributed by atoms with van der Waals surface area (Å²) in [7, 11) is 0.536. The molecule has 0 radical (unpaired) electrons. The maximum absolute atomic E-state index is 13.0. The monoisotopic (exact) mass is 434 g/mol. The van der Waals surface area contributed by atoms with Crippen LogP contribution in [-0.2, 0) is 21.2 Å². The number of ether oxygens (including phenoxy) is 2. The zero-order valence-corrected chi connectivity index (χ0v) is 19.0. The van der Waals surface area contributed by atoms with E-state index in [0.717, 1.165) is 21.2 Å². The second kappa shape index (κ2) is 10.4. The molecule has 0 atom stereocenters. The second-order valence-electron chi connectivity index (χ2n) is 7.27. The molecule has 164 valence electrons. The van der Waals surface area contributed by atoms with E-state index in [1.54, 1.807) is 19.2 Å². The molecule has 0 spiro atoms. The Labute approximate surface area is 179 Å². The van der Waals surface area contributed by atoms with Gasteiger partial charge in [0.2, 0.25) is 15.9 Å². The molecule has 0 saturated carbocycles. The van der Waals surface area contributed by atoms with Gasteiger partial charge in [0.1, 0.15) is 16.4 Å². The third-order valence-electron chi connectivity index (χ3n) is 4.80. The third kappa shape index (κ3) is 5.96. The molecule has 0 aliphatic rings. The van der Waals surface area contributed by atoms with Crippen molar-refractivity contribution in [3.63, 3.8) is 0 Å². The first-order chi connectivity index (χ1) is 14.2. The number of hydrogen-bond donors (Lipinski definition) is 1. The number of methoxy groups -OCH3 is 2. The number of amides is 1. The van der Waals surface area contributed by atoms with Gasteiger partial charge >= 0.3 is 0 Å². The molecule has 0 heterocycles. The van der Waals surface area contributed by atoms with Gasteiger partial charge in [-0.25, -0.2) is 8.42 Å². The molecule has 2 aromatic carbocycles. The molecule has 7 nitrogen and oxygen atoms in total. The molecule has 0 fully saturated rings. The lowest BCUT2D eigenvalue weighted by Crippen LogP contribution is -2.39. The normalized spacial score (nSPS) is 11.6. The summed E-state index contributed by atoms with van der Waals surface area (Å²) >= 11 is 0. The van der Waals surface area contributed by atoms with Gasteiger partial charge in [0.15, 0.2) is 0 Å². The standard InChI is InChI=1S/C22H30N2O5S/c1-16(2)18-8-11-20(29-5)21(14-18)30(26,27)24(3)15-22(25)23-13-12-17-6-9-19(28-4)10-7-17/h6-11,14,16H,12-13,15H2,1-5H3,(H,23,25). The third-order valence-corrected chi connectivity index (χ3v) is 6.63. The molecule has 0 unspecified atom stereocenters. The quantitative estimate of drug-likeness (QED) is 0.622. The van der Waals surface area contributed by atoms with Crippen molar-refractivity contribution in [2.24, 2.45) is 0 Å².